The third kappa shape index (κ3) is 2.89. The van der Waals surface area contributed by atoms with Gasteiger partial charge in [0.1, 0.15) is 0 Å². The van der Waals surface area contributed by atoms with Crippen LogP contribution in [0.15, 0.2) is 0 Å². The highest BCUT2D eigenvalue weighted by Crippen LogP contribution is 2.18. The number of hydrogen-bond acceptors (Lipinski definition) is 7. The van der Waals surface area contributed by atoms with Crippen molar-refractivity contribution in [3.05, 3.63) is 5.28 Å². The van der Waals surface area contributed by atoms with Gasteiger partial charge in [-0.1, -0.05) is 0 Å². The van der Waals surface area contributed by atoms with Crippen LogP contribution >= 0.6 is 11.6 Å². The molecule has 1 fully saturated rings. The smallest absolute Gasteiger partial charge is 0.407 e. The molecule has 2 heterocycles. The molecule has 2 rings (SSSR count). The van der Waals surface area contributed by atoms with Gasteiger partial charge in [-0.05, 0) is 18.0 Å². The van der Waals surface area contributed by atoms with E-state index in [1.54, 1.807) is 0 Å². The van der Waals surface area contributed by atoms with E-state index in [4.69, 9.17) is 17.3 Å². The van der Waals surface area contributed by atoms with Gasteiger partial charge in [-0.25, -0.2) is 4.79 Å². The Hall–Kier alpha value is -1.83. The van der Waals surface area contributed by atoms with Crippen LogP contribution in [0.2, 0.25) is 5.28 Å². The molecule has 1 aromatic rings. The molecule has 8 nitrogen and oxygen atoms in total. The lowest BCUT2D eigenvalue weighted by atomic mass is 10.3. The largest absolute Gasteiger partial charge is 0.453 e. The average Bonchev–Trinajstić information content (AvgIpc) is 2.76. The van der Waals surface area contributed by atoms with Crippen molar-refractivity contribution >= 4 is 29.6 Å². The number of ether oxygens (including phenoxy) is 1. The Morgan fingerprint density at radius 3 is 3.00 bits per heavy atom. The first-order chi connectivity index (χ1) is 8.58. The number of nitrogens with two attached hydrogens (primary N) is 1. The number of halogens is 1. The van der Waals surface area contributed by atoms with Crippen LogP contribution in [0.1, 0.15) is 6.42 Å². The molecule has 1 atom stereocenters. The number of rotatable bonds is 2. The zero-order valence-corrected chi connectivity index (χ0v) is 10.5. The zero-order chi connectivity index (χ0) is 13.1. The summed E-state index contributed by atoms with van der Waals surface area (Å²) in [7, 11) is 1.33. The Labute approximate surface area is 109 Å². The first-order valence-electron chi connectivity index (χ1n) is 5.35. The Balaban J connectivity index is 2.01. The van der Waals surface area contributed by atoms with Crippen LogP contribution < -0.4 is 16.0 Å². The summed E-state index contributed by atoms with van der Waals surface area (Å²) in [4.78, 5) is 24.7. The number of methoxy groups -OCH3 is 1. The summed E-state index contributed by atoms with van der Waals surface area (Å²) < 4.78 is 4.54. The summed E-state index contributed by atoms with van der Waals surface area (Å²) in [5, 5.41) is 2.78. The molecule has 1 aliphatic heterocycles. The highest BCUT2D eigenvalue weighted by Gasteiger charge is 2.26. The highest BCUT2D eigenvalue weighted by atomic mass is 35.5. The number of amides is 1. The number of nitrogens with one attached hydrogen (secondary N) is 1. The van der Waals surface area contributed by atoms with E-state index in [1.165, 1.54) is 7.11 Å². The van der Waals surface area contributed by atoms with Crippen molar-refractivity contribution in [1.82, 2.24) is 20.3 Å². The van der Waals surface area contributed by atoms with Crippen molar-refractivity contribution in [2.45, 2.75) is 12.5 Å². The van der Waals surface area contributed by atoms with Crippen LogP contribution in [0.3, 0.4) is 0 Å². The summed E-state index contributed by atoms with van der Waals surface area (Å²) in [6.07, 6.45) is 0.327. The fourth-order valence-corrected chi connectivity index (χ4v) is 1.94. The molecule has 1 amide bonds. The number of aromatic nitrogens is 3. The second kappa shape index (κ2) is 5.21. The molecule has 9 heteroatoms. The molecule has 0 bridgehead atoms. The van der Waals surface area contributed by atoms with Crippen LogP contribution in [-0.4, -0.2) is 47.3 Å². The van der Waals surface area contributed by atoms with Crippen molar-refractivity contribution in [1.29, 1.82) is 0 Å². The van der Waals surface area contributed by atoms with E-state index in [0.29, 0.717) is 19.0 Å². The van der Waals surface area contributed by atoms with Crippen LogP contribution in [0.25, 0.3) is 0 Å². The van der Waals surface area contributed by atoms with E-state index in [2.05, 4.69) is 25.0 Å². The Morgan fingerprint density at radius 2 is 2.33 bits per heavy atom. The predicted octanol–water partition coefficient (Wildman–Crippen LogP) is 0.0419. The number of alkyl carbamates (subject to hydrolysis) is 1. The minimum absolute atomic E-state index is 0.00536. The molecule has 0 spiro atoms. The molecule has 3 N–H and O–H groups in total. The summed E-state index contributed by atoms with van der Waals surface area (Å²) in [5.41, 5.74) is 5.50. The molecule has 0 aliphatic carbocycles. The quantitative estimate of drug-likeness (QED) is 0.783. The lowest BCUT2D eigenvalue weighted by Crippen LogP contribution is -2.37. The standard InChI is InChI=1S/C9H13ClN6O2/c1-18-9(17)12-5-2-3-16(4-5)8-14-6(10)13-7(11)15-8/h5H,2-4H2,1H3,(H,12,17)(H2,11,13,14,15). The molecule has 1 aromatic heterocycles. The first kappa shape index (κ1) is 12.6. The molecule has 1 aliphatic rings. The number of carbonyl (C=O) groups excluding carboxylic acids is 1. The maximum absolute atomic E-state index is 11.1. The van der Waals surface area contributed by atoms with Crippen molar-refractivity contribution < 1.29 is 9.53 Å². The SMILES string of the molecule is COC(=O)NC1CCN(c2nc(N)nc(Cl)n2)C1. The van der Waals surface area contributed by atoms with Crippen LogP contribution in [0, 0.1) is 0 Å². The van der Waals surface area contributed by atoms with E-state index in [0.717, 1.165) is 6.42 Å². The van der Waals surface area contributed by atoms with E-state index in [1.807, 2.05) is 4.90 Å². The fraction of sp³-hybridized carbons (Fsp3) is 0.556. The highest BCUT2D eigenvalue weighted by molar-refractivity contribution is 6.28. The van der Waals surface area contributed by atoms with Gasteiger partial charge >= 0.3 is 6.09 Å². The maximum Gasteiger partial charge on any atom is 0.407 e. The van der Waals surface area contributed by atoms with Crippen LogP contribution in [-0.2, 0) is 4.74 Å². The zero-order valence-electron chi connectivity index (χ0n) is 9.76. The topological polar surface area (TPSA) is 106 Å². The molecular weight excluding hydrogens is 260 g/mol. The summed E-state index contributed by atoms with van der Waals surface area (Å²) in [6, 6.07) is -0.00536. The normalized spacial score (nSPS) is 18.8. The summed E-state index contributed by atoms with van der Waals surface area (Å²) in [5.74, 6) is 0.496. The molecule has 98 valence electrons. The van der Waals surface area contributed by atoms with E-state index < -0.39 is 6.09 Å². The molecular formula is C9H13ClN6O2. The number of nitrogens with zero attached hydrogens (tertiary/aromatic N) is 4. The summed E-state index contributed by atoms with van der Waals surface area (Å²) in [6.45, 7) is 1.28. The van der Waals surface area contributed by atoms with Crippen LogP contribution in [0.4, 0.5) is 16.7 Å². The van der Waals surface area contributed by atoms with Gasteiger partial charge in [0, 0.05) is 13.1 Å². The van der Waals surface area contributed by atoms with Crippen molar-refractivity contribution in [2.75, 3.05) is 30.8 Å². The third-order valence-electron chi connectivity index (χ3n) is 2.59. The molecule has 1 saturated heterocycles. The number of nitrogen functional groups attached to an aromatic ring is 1. The number of hydrogen-bond donors (Lipinski definition) is 2. The third-order valence-corrected chi connectivity index (χ3v) is 2.76. The average molecular weight is 273 g/mol. The van der Waals surface area contributed by atoms with Crippen molar-refractivity contribution in [3.8, 4) is 0 Å². The molecule has 0 radical (unpaired) electrons. The van der Waals surface area contributed by atoms with Gasteiger partial charge in [0.05, 0.1) is 13.2 Å². The second-order valence-corrected chi connectivity index (χ2v) is 4.17. The number of carbonyl (C=O) groups is 1. The van der Waals surface area contributed by atoms with E-state index >= 15 is 0 Å². The van der Waals surface area contributed by atoms with Gasteiger partial charge in [0.25, 0.3) is 0 Å². The Kier molecular flexibility index (Phi) is 3.66. The minimum atomic E-state index is -0.449. The van der Waals surface area contributed by atoms with Gasteiger partial charge in [0.2, 0.25) is 17.2 Å². The monoisotopic (exact) mass is 272 g/mol. The van der Waals surface area contributed by atoms with Gasteiger partial charge < -0.3 is 20.7 Å². The Morgan fingerprint density at radius 1 is 1.56 bits per heavy atom. The van der Waals surface area contributed by atoms with E-state index in [9.17, 15) is 4.79 Å². The van der Waals surface area contributed by atoms with Gasteiger partial charge in [0.15, 0.2) is 0 Å². The first-order valence-corrected chi connectivity index (χ1v) is 5.72. The lowest BCUT2D eigenvalue weighted by Gasteiger charge is -2.16. The maximum atomic E-state index is 11.1. The van der Waals surface area contributed by atoms with Gasteiger partial charge in [-0.3, -0.25) is 0 Å². The molecule has 0 saturated carbocycles. The van der Waals surface area contributed by atoms with Crippen molar-refractivity contribution in [2.24, 2.45) is 0 Å². The summed E-state index contributed by atoms with van der Waals surface area (Å²) >= 11 is 5.71. The van der Waals surface area contributed by atoms with Gasteiger partial charge in [-0.15, -0.1) is 0 Å². The minimum Gasteiger partial charge on any atom is -0.453 e. The van der Waals surface area contributed by atoms with Gasteiger partial charge in [-0.2, -0.15) is 15.0 Å². The Bertz CT molecular complexity index is 436. The predicted molar refractivity (Wildman–Crippen MR) is 65.4 cm³/mol. The number of anilines is 2. The molecule has 0 aromatic carbocycles. The molecule has 18 heavy (non-hydrogen) atoms. The fourth-order valence-electron chi connectivity index (χ4n) is 1.78. The van der Waals surface area contributed by atoms with Crippen LogP contribution in [0.5, 0.6) is 0 Å². The second-order valence-electron chi connectivity index (χ2n) is 3.83. The van der Waals surface area contributed by atoms with E-state index in [-0.39, 0.29) is 17.3 Å². The lowest BCUT2D eigenvalue weighted by molar-refractivity contribution is 0.167. The van der Waals surface area contributed by atoms with Crippen molar-refractivity contribution in [3.63, 3.8) is 0 Å². The molecule has 1 unspecified atom stereocenters.